The summed E-state index contributed by atoms with van der Waals surface area (Å²) in [6.07, 6.45) is 0.243. The Balaban J connectivity index is 1.35. The number of nitrogens with one attached hydrogen (secondary N) is 1. The first kappa shape index (κ1) is 18.2. The molecule has 4 aromatic rings. The van der Waals surface area contributed by atoms with Crippen molar-refractivity contribution in [2.75, 3.05) is 11.4 Å². The van der Waals surface area contributed by atoms with Crippen molar-refractivity contribution in [3.63, 3.8) is 0 Å². The fraction of sp³-hybridized carbons (Fsp3) is 0.182. The number of benzene rings is 2. The van der Waals surface area contributed by atoms with Crippen LogP contribution in [0.3, 0.4) is 0 Å². The Bertz CT molecular complexity index is 1220. The molecule has 1 saturated heterocycles. The molecule has 0 aliphatic carbocycles. The van der Waals surface area contributed by atoms with Crippen LogP contribution in [0.15, 0.2) is 59.1 Å². The molecule has 3 heterocycles. The topological polar surface area (TPSA) is 87.9 Å². The van der Waals surface area contributed by atoms with Gasteiger partial charge in [0, 0.05) is 30.1 Å². The zero-order valence-corrected chi connectivity index (χ0v) is 16.2. The van der Waals surface area contributed by atoms with Gasteiger partial charge in [0.15, 0.2) is 5.82 Å². The van der Waals surface area contributed by atoms with Gasteiger partial charge in [0.25, 0.3) is 5.89 Å². The second-order valence-corrected chi connectivity index (χ2v) is 7.33. The monoisotopic (exact) mass is 403 g/mol. The zero-order valence-electron chi connectivity index (χ0n) is 16.2. The van der Waals surface area contributed by atoms with E-state index in [9.17, 15) is 9.18 Å². The molecule has 150 valence electrons. The number of rotatable bonds is 4. The van der Waals surface area contributed by atoms with Crippen LogP contribution in [0.1, 0.15) is 23.7 Å². The van der Waals surface area contributed by atoms with Crippen molar-refractivity contribution in [2.45, 2.75) is 19.3 Å². The maximum absolute atomic E-state index is 13.9. The number of aryl methyl sites for hydroxylation is 1. The number of carbonyl (C=O) groups excluding carboxylic acids is 1. The molecule has 7 nitrogen and oxygen atoms in total. The molecule has 1 fully saturated rings. The first-order valence-electron chi connectivity index (χ1n) is 9.60. The molecule has 0 radical (unpaired) electrons. The summed E-state index contributed by atoms with van der Waals surface area (Å²) in [6, 6.07) is 16.4. The van der Waals surface area contributed by atoms with Crippen LogP contribution in [0.4, 0.5) is 10.1 Å². The Labute approximate surface area is 171 Å². The molecule has 1 atom stereocenters. The van der Waals surface area contributed by atoms with E-state index >= 15 is 0 Å². The average molecular weight is 403 g/mol. The van der Waals surface area contributed by atoms with Gasteiger partial charge in [-0.1, -0.05) is 41.6 Å². The number of carbonyl (C=O) groups is 1. The van der Waals surface area contributed by atoms with E-state index in [-0.39, 0.29) is 24.1 Å². The second-order valence-electron chi connectivity index (χ2n) is 7.33. The molecule has 5 rings (SSSR count). The van der Waals surface area contributed by atoms with E-state index in [4.69, 9.17) is 4.52 Å². The third-order valence-corrected chi connectivity index (χ3v) is 5.28. The summed E-state index contributed by atoms with van der Waals surface area (Å²) in [5.74, 6) is 0.105. The highest BCUT2D eigenvalue weighted by molar-refractivity contribution is 5.96. The standard InChI is InChI=1S/C22H18FN5O2/c1-13-7-8-16(10-17(13)23)28-12-15(9-20(28)29)21-24-22(30-27-21)19-11-18(25-26-19)14-5-3-2-4-6-14/h2-8,10-11,15H,9,12H2,1H3,(H,25,26). The second kappa shape index (κ2) is 7.22. The van der Waals surface area contributed by atoms with Crippen molar-refractivity contribution in [2.24, 2.45) is 0 Å². The van der Waals surface area contributed by atoms with Crippen molar-refractivity contribution in [3.8, 4) is 22.8 Å². The van der Waals surface area contributed by atoms with Crippen LogP contribution < -0.4 is 4.90 Å². The number of halogens is 1. The first-order chi connectivity index (χ1) is 14.6. The third kappa shape index (κ3) is 3.26. The van der Waals surface area contributed by atoms with Crippen LogP contribution in [0, 0.1) is 12.7 Å². The van der Waals surface area contributed by atoms with Gasteiger partial charge in [-0.15, -0.1) is 0 Å². The molecule has 1 aliphatic rings. The lowest BCUT2D eigenvalue weighted by atomic mass is 10.1. The molecule has 8 heteroatoms. The van der Waals surface area contributed by atoms with E-state index in [1.165, 1.54) is 6.07 Å². The number of nitrogens with zero attached hydrogens (tertiary/aromatic N) is 4. The van der Waals surface area contributed by atoms with E-state index in [1.54, 1.807) is 24.0 Å². The van der Waals surface area contributed by atoms with Gasteiger partial charge in [0.1, 0.15) is 11.5 Å². The SMILES string of the molecule is Cc1ccc(N2CC(c3noc(-c4cc(-c5ccccc5)n[nH]4)n3)CC2=O)cc1F. The number of anilines is 1. The van der Waals surface area contributed by atoms with Gasteiger partial charge >= 0.3 is 0 Å². The van der Waals surface area contributed by atoms with Crippen molar-refractivity contribution < 1.29 is 13.7 Å². The Morgan fingerprint density at radius 1 is 1.17 bits per heavy atom. The van der Waals surface area contributed by atoms with Gasteiger partial charge in [-0.2, -0.15) is 10.1 Å². The van der Waals surface area contributed by atoms with Crippen LogP contribution in [-0.4, -0.2) is 32.8 Å². The minimum atomic E-state index is -0.334. The molecule has 0 saturated carbocycles. The smallest absolute Gasteiger partial charge is 0.275 e. The van der Waals surface area contributed by atoms with Gasteiger partial charge in [-0.3, -0.25) is 9.89 Å². The maximum Gasteiger partial charge on any atom is 0.275 e. The van der Waals surface area contributed by atoms with Gasteiger partial charge in [-0.05, 0) is 30.7 Å². The molecule has 0 spiro atoms. The van der Waals surface area contributed by atoms with Gasteiger partial charge in [0.05, 0.1) is 5.69 Å². The Morgan fingerprint density at radius 2 is 2.00 bits per heavy atom. The Kier molecular flexibility index (Phi) is 4.39. The summed E-state index contributed by atoms with van der Waals surface area (Å²) in [7, 11) is 0. The fourth-order valence-corrected chi connectivity index (χ4v) is 3.58. The predicted molar refractivity (Wildman–Crippen MR) is 108 cm³/mol. The average Bonchev–Trinajstić information content (AvgIpc) is 3.49. The minimum Gasteiger partial charge on any atom is -0.332 e. The lowest BCUT2D eigenvalue weighted by Gasteiger charge is -2.16. The van der Waals surface area contributed by atoms with Crippen LogP contribution in [-0.2, 0) is 4.79 Å². The maximum atomic E-state index is 13.9. The third-order valence-electron chi connectivity index (χ3n) is 5.28. The van der Waals surface area contributed by atoms with Gasteiger partial charge in [0.2, 0.25) is 5.91 Å². The zero-order chi connectivity index (χ0) is 20.7. The van der Waals surface area contributed by atoms with Crippen molar-refractivity contribution in [1.29, 1.82) is 0 Å². The van der Waals surface area contributed by atoms with E-state index < -0.39 is 0 Å². The van der Waals surface area contributed by atoms with E-state index in [1.807, 2.05) is 36.4 Å². The van der Waals surface area contributed by atoms with Crippen molar-refractivity contribution in [1.82, 2.24) is 20.3 Å². The summed E-state index contributed by atoms with van der Waals surface area (Å²) in [6.45, 7) is 2.06. The van der Waals surface area contributed by atoms with Crippen molar-refractivity contribution >= 4 is 11.6 Å². The number of aromatic nitrogens is 4. The molecule has 30 heavy (non-hydrogen) atoms. The molecule has 1 amide bonds. The highest BCUT2D eigenvalue weighted by Crippen LogP contribution is 2.32. The normalized spacial score (nSPS) is 16.4. The summed E-state index contributed by atoms with van der Waals surface area (Å²) in [5.41, 5.74) is 3.43. The predicted octanol–water partition coefficient (Wildman–Crippen LogP) is 4.09. The lowest BCUT2D eigenvalue weighted by Crippen LogP contribution is -2.24. The van der Waals surface area contributed by atoms with Crippen LogP contribution in [0.2, 0.25) is 0 Å². The lowest BCUT2D eigenvalue weighted by molar-refractivity contribution is -0.117. The summed E-state index contributed by atoms with van der Waals surface area (Å²) in [4.78, 5) is 18.5. The van der Waals surface area contributed by atoms with Crippen LogP contribution in [0.5, 0.6) is 0 Å². The van der Waals surface area contributed by atoms with Crippen LogP contribution >= 0.6 is 0 Å². The van der Waals surface area contributed by atoms with E-state index in [0.29, 0.717) is 35.2 Å². The van der Waals surface area contributed by atoms with Gasteiger partial charge in [-0.25, -0.2) is 4.39 Å². The van der Waals surface area contributed by atoms with Crippen molar-refractivity contribution in [3.05, 3.63) is 71.8 Å². The quantitative estimate of drug-likeness (QED) is 0.554. The number of hydrogen-bond donors (Lipinski definition) is 1. The number of aromatic amines is 1. The number of amides is 1. The van der Waals surface area contributed by atoms with Gasteiger partial charge < -0.3 is 9.42 Å². The highest BCUT2D eigenvalue weighted by Gasteiger charge is 2.35. The Hall–Kier alpha value is -3.81. The summed E-state index contributed by atoms with van der Waals surface area (Å²) < 4.78 is 19.3. The molecule has 2 aromatic heterocycles. The minimum absolute atomic E-state index is 0.0949. The Morgan fingerprint density at radius 3 is 2.80 bits per heavy atom. The molecule has 1 aliphatic heterocycles. The summed E-state index contributed by atoms with van der Waals surface area (Å²) in [5, 5.41) is 11.3. The number of H-pyrrole nitrogens is 1. The fourth-order valence-electron chi connectivity index (χ4n) is 3.58. The van der Waals surface area contributed by atoms with Crippen LogP contribution in [0.25, 0.3) is 22.8 Å². The largest absolute Gasteiger partial charge is 0.332 e. The molecule has 0 bridgehead atoms. The number of hydrogen-bond acceptors (Lipinski definition) is 5. The summed E-state index contributed by atoms with van der Waals surface area (Å²) >= 11 is 0. The van der Waals surface area contributed by atoms with E-state index in [0.717, 1.165) is 11.3 Å². The molecular formula is C22H18FN5O2. The van der Waals surface area contributed by atoms with E-state index in [2.05, 4.69) is 20.3 Å². The first-order valence-corrected chi connectivity index (χ1v) is 9.60. The molecule has 2 aromatic carbocycles. The molecule has 1 unspecified atom stereocenters. The highest BCUT2D eigenvalue weighted by atomic mass is 19.1. The molecule has 1 N–H and O–H groups in total. The molecular weight excluding hydrogens is 385 g/mol.